The average Bonchev–Trinajstić information content (AvgIpc) is 3.02. The number of anilines is 1. The molecular weight excluding hydrogens is 402 g/mol. The standard InChI is InChI=1S/C22H15F4NOS/c1-27-21-18(13-7-2-8-14(23)11-13)19(28)20(29-21)15-9-3-5-12-6-4-10-16(17(12)15)22(24,25)26/h2-11,27-28H,1H3. The molecule has 0 unspecified atom stereocenters. The Morgan fingerprint density at radius 3 is 2.31 bits per heavy atom. The van der Waals surface area contributed by atoms with Crippen molar-refractivity contribution in [3.8, 4) is 27.3 Å². The van der Waals surface area contributed by atoms with E-state index in [1.54, 1.807) is 37.4 Å². The molecule has 29 heavy (non-hydrogen) atoms. The monoisotopic (exact) mass is 417 g/mol. The lowest BCUT2D eigenvalue weighted by Crippen LogP contribution is -2.06. The first-order valence-corrected chi connectivity index (χ1v) is 9.51. The maximum absolute atomic E-state index is 13.7. The molecule has 2 nitrogen and oxygen atoms in total. The van der Waals surface area contributed by atoms with Crippen molar-refractivity contribution >= 4 is 27.1 Å². The van der Waals surface area contributed by atoms with E-state index in [2.05, 4.69) is 5.32 Å². The Morgan fingerprint density at radius 1 is 0.966 bits per heavy atom. The predicted octanol–water partition coefficient (Wildman–Crippen LogP) is 7.14. The van der Waals surface area contributed by atoms with E-state index in [0.717, 1.165) is 17.4 Å². The number of thiophene rings is 1. The molecule has 0 radical (unpaired) electrons. The van der Waals surface area contributed by atoms with Crippen LogP contribution in [0.2, 0.25) is 0 Å². The van der Waals surface area contributed by atoms with Crippen molar-refractivity contribution in [3.05, 3.63) is 72.0 Å². The molecule has 7 heteroatoms. The fraction of sp³-hybridized carbons (Fsp3) is 0.0909. The summed E-state index contributed by atoms with van der Waals surface area (Å²) < 4.78 is 54.7. The summed E-state index contributed by atoms with van der Waals surface area (Å²) in [4.78, 5) is 0.288. The number of benzene rings is 3. The summed E-state index contributed by atoms with van der Waals surface area (Å²) in [5.41, 5.74) is 0.299. The van der Waals surface area contributed by atoms with Crippen LogP contribution in [0, 0.1) is 5.82 Å². The molecule has 4 aromatic rings. The van der Waals surface area contributed by atoms with Gasteiger partial charge in [0.1, 0.15) is 16.6 Å². The van der Waals surface area contributed by atoms with Gasteiger partial charge in [-0.15, -0.1) is 11.3 Å². The number of halogens is 4. The summed E-state index contributed by atoms with van der Waals surface area (Å²) in [7, 11) is 1.64. The zero-order valence-electron chi connectivity index (χ0n) is 15.1. The normalized spacial score (nSPS) is 11.8. The first-order chi connectivity index (χ1) is 13.8. The van der Waals surface area contributed by atoms with Gasteiger partial charge in [0.2, 0.25) is 0 Å². The van der Waals surface area contributed by atoms with Crippen LogP contribution in [0.15, 0.2) is 60.7 Å². The lowest BCUT2D eigenvalue weighted by atomic mass is 9.96. The van der Waals surface area contributed by atoms with Gasteiger partial charge in [-0.2, -0.15) is 13.2 Å². The van der Waals surface area contributed by atoms with E-state index in [9.17, 15) is 22.7 Å². The Morgan fingerprint density at radius 2 is 1.66 bits per heavy atom. The van der Waals surface area contributed by atoms with Crippen LogP contribution in [0.5, 0.6) is 5.75 Å². The second-order valence-electron chi connectivity index (χ2n) is 6.45. The summed E-state index contributed by atoms with van der Waals surface area (Å²) in [5.74, 6) is -0.657. The molecule has 0 saturated heterocycles. The minimum absolute atomic E-state index is 0.0208. The first-order valence-electron chi connectivity index (χ1n) is 8.70. The molecule has 1 aromatic heterocycles. The van der Waals surface area contributed by atoms with Crippen LogP contribution in [0.25, 0.3) is 32.3 Å². The quantitative estimate of drug-likeness (QED) is 0.347. The minimum atomic E-state index is -4.54. The van der Waals surface area contributed by atoms with Crippen molar-refractivity contribution in [1.29, 1.82) is 0 Å². The molecule has 0 amide bonds. The molecule has 148 valence electrons. The topological polar surface area (TPSA) is 32.3 Å². The number of nitrogens with one attached hydrogen (secondary N) is 1. The van der Waals surface area contributed by atoms with E-state index < -0.39 is 17.6 Å². The summed E-state index contributed by atoms with van der Waals surface area (Å²) in [6.45, 7) is 0. The summed E-state index contributed by atoms with van der Waals surface area (Å²) in [6.07, 6.45) is -4.54. The van der Waals surface area contributed by atoms with Crippen molar-refractivity contribution in [2.75, 3.05) is 12.4 Å². The Balaban J connectivity index is 2.03. The fourth-order valence-corrected chi connectivity index (χ4v) is 4.56. The van der Waals surface area contributed by atoms with Crippen LogP contribution < -0.4 is 5.32 Å². The minimum Gasteiger partial charge on any atom is -0.506 e. The Labute approximate surface area is 168 Å². The van der Waals surface area contributed by atoms with Gasteiger partial charge in [0.15, 0.2) is 0 Å². The van der Waals surface area contributed by atoms with Crippen molar-refractivity contribution in [1.82, 2.24) is 0 Å². The van der Waals surface area contributed by atoms with Gasteiger partial charge >= 0.3 is 6.18 Å². The van der Waals surface area contributed by atoms with Gasteiger partial charge in [-0.3, -0.25) is 0 Å². The third-order valence-corrected chi connectivity index (χ3v) is 5.91. The Hall–Kier alpha value is -3.06. The van der Waals surface area contributed by atoms with Gasteiger partial charge in [-0.05, 0) is 29.1 Å². The van der Waals surface area contributed by atoms with Crippen molar-refractivity contribution in [2.45, 2.75) is 6.18 Å². The van der Waals surface area contributed by atoms with E-state index in [-0.39, 0.29) is 21.6 Å². The third kappa shape index (κ3) is 3.31. The molecule has 0 fully saturated rings. The zero-order valence-corrected chi connectivity index (χ0v) is 16.0. The second kappa shape index (κ2) is 7.08. The Kier molecular flexibility index (Phi) is 4.70. The van der Waals surface area contributed by atoms with E-state index in [1.807, 2.05) is 0 Å². The number of hydrogen-bond donors (Lipinski definition) is 2. The van der Waals surface area contributed by atoms with Crippen molar-refractivity contribution in [2.24, 2.45) is 0 Å². The number of fused-ring (bicyclic) bond motifs is 1. The van der Waals surface area contributed by atoms with E-state index >= 15 is 0 Å². The summed E-state index contributed by atoms with van der Waals surface area (Å²) in [5, 5.41) is 14.9. The number of alkyl halides is 3. The maximum atomic E-state index is 13.7. The van der Waals surface area contributed by atoms with Crippen LogP contribution in [0.3, 0.4) is 0 Å². The highest BCUT2D eigenvalue weighted by Gasteiger charge is 2.34. The Bertz CT molecular complexity index is 1210. The highest BCUT2D eigenvalue weighted by molar-refractivity contribution is 7.20. The van der Waals surface area contributed by atoms with E-state index in [1.165, 1.54) is 24.3 Å². The van der Waals surface area contributed by atoms with Gasteiger partial charge < -0.3 is 10.4 Å². The van der Waals surface area contributed by atoms with Gasteiger partial charge in [-0.1, -0.05) is 42.5 Å². The highest BCUT2D eigenvalue weighted by Crippen LogP contribution is 2.52. The zero-order chi connectivity index (χ0) is 20.8. The highest BCUT2D eigenvalue weighted by atomic mass is 32.1. The lowest BCUT2D eigenvalue weighted by molar-refractivity contribution is -0.136. The largest absolute Gasteiger partial charge is 0.506 e. The smallest absolute Gasteiger partial charge is 0.417 e. The molecule has 0 spiro atoms. The van der Waals surface area contributed by atoms with Gasteiger partial charge in [-0.25, -0.2) is 4.39 Å². The predicted molar refractivity (Wildman–Crippen MR) is 109 cm³/mol. The number of aromatic hydroxyl groups is 1. The number of hydrogen-bond acceptors (Lipinski definition) is 3. The SMILES string of the molecule is CNc1sc(-c2cccc3cccc(C(F)(F)F)c23)c(O)c1-c1cccc(F)c1. The molecule has 2 N–H and O–H groups in total. The van der Waals surface area contributed by atoms with E-state index in [4.69, 9.17) is 0 Å². The van der Waals surface area contributed by atoms with Crippen LogP contribution in [0.1, 0.15) is 5.56 Å². The fourth-order valence-electron chi connectivity index (χ4n) is 3.46. The molecule has 0 bridgehead atoms. The lowest BCUT2D eigenvalue weighted by Gasteiger charge is -2.13. The molecule has 0 aliphatic rings. The van der Waals surface area contributed by atoms with Gasteiger partial charge in [0, 0.05) is 18.0 Å². The molecule has 0 aliphatic carbocycles. The first kappa shape index (κ1) is 19.3. The molecule has 4 rings (SSSR count). The molecule has 0 atom stereocenters. The molecular formula is C22H15F4NOS. The molecule has 1 heterocycles. The van der Waals surface area contributed by atoms with Gasteiger partial charge in [0.05, 0.1) is 16.0 Å². The van der Waals surface area contributed by atoms with Gasteiger partial charge in [0.25, 0.3) is 0 Å². The van der Waals surface area contributed by atoms with Crippen LogP contribution in [-0.4, -0.2) is 12.2 Å². The summed E-state index contributed by atoms with van der Waals surface area (Å²) >= 11 is 1.12. The number of rotatable bonds is 3. The molecule has 0 saturated carbocycles. The summed E-state index contributed by atoms with van der Waals surface area (Å²) in [6, 6.07) is 14.5. The van der Waals surface area contributed by atoms with E-state index in [0.29, 0.717) is 21.5 Å². The average molecular weight is 417 g/mol. The maximum Gasteiger partial charge on any atom is 0.417 e. The van der Waals surface area contributed by atoms with Crippen LogP contribution >= 0.6 is 11.3 Å². The third-order valence-electron chi connectivity index (χ3n) is 4.68. The van der Waals surface area contributed by atoms with Crippen molar-refractivity contribution in [3.63, 3.8) is 0 Å². The molecule has 0 aliphatic heterocycles. The van der Waals surface area contributed by atoms with Crippen molar-refractivity contribution < 1.29 is 22.7 Å². The van der Waals surface area contributed by atoms with Crippen LogP contribution in [0.4, 0.5) is 22.6 Å². The van der Waals surface area contributed by atoms with Crippen LogP contribution in [-0.2, 0) is 6.18 Å². The second-order valence-corrected chi connectivity index (χ2v) is 7.47. The molecule has 3 aromatic carbocycles.